The van der Waals surface area contributed by atoms with Gasteiger partial charge >= 0.3 is 11.9 Å². The highest BCUT2D eigenvalue weighted by Gasteiger charge is 2.17. The first-order valence-corrected chi connectivity index (χ1v) is 22.8. The lowest BCUT2D eigenvalue weighted by Crippen LogP contribution is -2.12. The number of rotatable bonds is 28. The van der Waals surface area contributed by atoms with Gasteiger partial charge in [-0.25, -0.2) is 9.59 Å². The Balaban J connectivity index is 0.000000349. The predicted octanol–water partition coefficient (Wildman–Crippen LogP) is 13.6. The number of carbonyl (C=O) groups excluding carboxylic acids is 5. The Kier molecular flexibility index (Phi) is 24.0. The van der Waals surface area contributed by atoms with Crippen LogP contribution in [-0.4, -0.2) is 42.5 Å². The van der Waals surface area contributed by atoms with Gasteiger partial charge in [-0.15, -0.1) is 0 Å². The zero-order valence-electron chi connectivity index (χ0n) is 38.0. The SMILES string of the molecule is C=CC(=O)OCCCCCCOc1ccc(C(=O)c2ccc(C(=O)C(C)CCCCCC)cc2)cc1.C=CC(=O)Oc1ccc(-c2ccc(C(=O)C(C)CCCCCC)cc2)cc1. The second-order valence-electron chi connectivity index (χ2n) is 16.0. The summed E-state index contributed by atoms with van der Waals surface area (Å²) >= 11 is 0. The smallest absolute Gasteiger partial charge is 0.335 e. The monoisotopic (exact) mass is 856 g/mol. The summed E-state index contributed by atoms with van der Waals surface area (Å²) in [6.07, 6.45) is 17.2. The van der Waals surface area contributed by atoms with Crippen molar-refractivity contribution in [1.29, 1.82) is 0 Å². The normalized spacial score (nSPS) is 11.6. The molecule has 4 aromatic rings. The minimum absolute atomic E-state index is 0.00187. The number of benzene rings is 4. The molecule has 0 saturated carbocycles. The Labute approximate surface area is 376 Å². The third-order valence-electron chi connectivity index (χ3n) is 10.9. The fourth-order valence-electron chi connectivity index (χ4n) is 6.92. The number of hydrogen-bond acceptors (Lipinski definition) is 8. The van der Waals surface area contributed by atoms with Crippen LogP contribution >= 0.6 is 0 Å². The van der Waals surface area contributed by atoms with Crippen LogP contribution in [-0.2, 0) is 14.3 Å². The molecule has 2 unspecified atom stereocenters. The molecule has 63 heavy (non-hydrogen) atoms. The van der Waals surface area contributed by atoms with Crippen molar-refractivity contribution in [2.75, 3.05) is 13.2 Å². The minimum Gasteiger partial charge on any atom is -0.494 e. The van der Waals surface area contributed by atoms with Crippen LogP contribution in [0.5, 0.6) is 11.5 Å². The average molecular weight is 857 g/mol. The van der Waals surface area contributed by atoms with Gasteiger partial charge in [-0.2, -0.15) is 0 Å². The summed E-state index contributed by atoms with van der Waals surface area (Å²) < 4.78 is 15.8. The number of ether oxygens (including phenoxy) is 3. The number of hydrogen-bond donors (Lipinski definition) is 0. The van der Waals surface area contributed by atoms with E-state index in [9.17, 15) is 24.0 Å². The summed E-state index contributed by atoms with van der Waals surface area (Å²) in [5.41, 5.74) is 4.59. The van der Waals surface area contributed by atoms with Gasteiger partial charge in [0.2, 0.25) is 0 Å². The quantitative estimate of drug-likeness (QED) is 0.0182. The molecule has 336 valence electrons. The van der Waals surface area contributed by atoms with E-state index in [2.05, 4.69) is 27.0 Å². The van der Waals surface area contributed by atoms with Crippen LogP contribution in [0.4, 0.5) is 0 Å². The summed E-state index contributed by atoms with van der Waals surface area (Å²) in [5, 5.41) is 0. The molecule has 0 aromatic heterocycles. The zero-order chi connectivity index (χ0) is 45.8. The van der Waals surface area contributed by atoms with Gasteiger partial charge in [0, 0.05) is 46.2 Å². The molecule has 0 heterocycles. The van der Waals surface area contributed by atoms with Crippen LogP contribution in [0.25, 0.3) is 11.1 Å². The van der Waals surface area contributed by atoms with Crippen molar-refractivity contribution in [2.24, 2.45) is 11.8 Å². The van der Waals surface area contributed by atoms with Crippen molar-refractivity contribution < 1.29 is 38.2 Å². The van der Waals surface area contributed by atoms with E-state index in [4.69, 9.17) is 14.2 Å². The summed E-state index contributed by atoms with van der Waals surface area (Å²) in [6, 6.07) is 29.1. The lowest BCUT2D eigenvalue weighted by atomic mass is 9.92. The van der Waals surface area contributed by atoms with Gasteiger partial charge < -0.3 is 14.2 Å². The molecule has 8 heteroatoms. The Hall–Kier alpha value is -5.89. The van der Waals surface area contributed by atoms with Crippen molar-refractivity contribution in [3.63, 3.8) is 0 Å². The first-order valence-electron chi connectivity index (χ1n) is 22.8. The first kappa shape index (κ1) is 51.5. The van der Waals surface area contributed by atoms with Crippen molar-refractivity contribution in [3.05, 3.63) is 145 Å². The summed E-state index contributed by atoms with van der Waals surface area (Å²) in [6.45, 7) is 16.1. The number of carbonyl (C=O) groups is 5. The van der Waals surface area contributed by atoms with E-state index in [1.54, 1.807) is 60.7 Å². The van der Waals surface area contributed by atoms with Gasteiger partial charge in [-0.1, -0.05) is 153 Å². The number of Topliss-reactive ketones (excluding diaryl/α,β-unsaturated/α-hetero) is 2. The van der Waals surface area contributed by atoms with Gasteiger partial charge in [-0.05, 0) is 86.1 Å². The molecule has 8 nitrogen and oxygen atoms in total. The van der Waals surface area contributed by atoms with Crippen LogP contribution in [0.15, 0.2) is 122 Å². The second-order valence-corrected chi connectivity index (χ2v) is 16.0. The molecule has 0 spiro atoms. The lowest BCUT2D eigenvalue weighted by molar-refractivity contribution is -0.137. The number of ketones is 3. The van der Waals surface area contributed by atoms with Crippen molar-refractivity contribution >= 4 is 29.3 Å². The van der Waals surface area contributed by atoms with Crippen LogP contribution in [0, 0.1) is 11.8 Å². The maximum atomic E-state index is 12.9. The molecule has 0 radical (unpaired) electrons. The molecular formula is C55H68O8. The highest BCUT2D eigenvalue weighted by molar-refractivity contribution is 6.09. The molecule has 0 amide bonds. The molecule has 0 N–H and O–H groups in total. The summed E-state index contributed by atoms with van der Waals surface area (Å²) in [7, 11) is 0. The van der Waals surface area contributed by atoms with E-state index < -0.39 is 5.97 Å². The first-order chi connectivity index (χ1) is 30.5. The Morgan fingerprint density at radius 1 is 0.476 bits per heavy atom. The molecule has 4 rings (SSSR count). The Morgan fingerprint density at radius 3 is 1.35 bits per heavy atom. The van der Waals surface area contributed by atoms with E-state index in [-0.39, 0.29) is 35.2 Å². The zero-order valence-corrected chi connectivity index (χ0v) is 38.0. The Bertz CT molecular complexity index is 2010. The van der Waals surface area contributed by atoms with Crippen LogP contribution < -0.4 is 9.47 Å². The lowest BCUT2D eigenvalue weighted by Gasteiger charge is -2.11. The van der Waals surface area contributed by atoms with Gasteiger partial charge in [0.15, 0.2) is 17.3 Å². The van der Waals surface area contributed by atoms with E-state index in [1.807, 2.05) is 50.2 Å². The predicted molar refractivity (Wildman–Crippen MR) is 254 cm³/mol. The van der Waals surface area contributed by atoms with Crippen LogP contribution in [0.3, 0.4) is 0 Å². The molecule has 2 atom stereocenters. The summed E-state index contributed by atoms with van der Waals surface area (Å²) in [4.78, 5) is 60.3. The van der Waals surface area contributed by atoms with E-state index in [0.717, 1.165) is 79.9 Å². The molecular weight excluding hydrogens is 789 g/mol. The van der Waals surface area contributed by atoms with Gasteiger partial charge in [0.25, 0.3) is 0 Å². The third-order valence-corrected chi connectivity index (χ3v) is 10.9. The summed E-state index contributed by atoms with van der Waals surface area (Å²) in [5.74, 6) is 0.676. The van der Waals surface area contributed by atoms with Crippen molar-refractivity contribution in [2.45, 2.75) is 118 Å². The van der Waals surface area contributed by atoms with Crippen molar-refractivity contribution in [1.82, 2.24) is 0 Å². The van der Waals surface area contributed by atoms with Crippen LogP contribution in [0.1, 0.15) is 154 Å². The van der Waals surface area contributed by atoms with E-state index >= 15 is 0 Å². The number of esters is 2. The minimum atomic E-state index is -0.477. The number of unbranched alkanes of at least 4 members (excludes halogenated alkanes) is 9. The fourth-order valence-corrected chi connectivity index (χ4v) is 6.92. The van der Waals surface area contributed by atoms with Gasteiger partial charge in [0.1, 0.15) is 11.5 Å². The molecule has 0 aliphatic carbocycles. The van der Waals surface area contributed by atoms with E-state index in [1.165, 1.54) is 44.6 Å². The third kappa shape index (κ3) is 18.9. The molecule has 0 fully saturated rings. The average Bonchev–Trinajstić information content (AvgIpc) is 3.32. The largest absolute Gasteiger partial charge is 0.494 e. The van der Waals surface area contributed by atoms with Gasteiger partial charge in [0.05, 0.1) is 13.2 Å². The Morgan fingerprint density at radius 2 is 0.873 bits per heavy atom. The maximum absolute atomic E-state index is 12.9. The molecule has 4 aromatic carbocycles. The van der Waals surface area contributed by atoms with Crippen molar-refractivity contribution in [3.8, 4) is 22.6 Å². The topological polar surface area (TPSA) is 113 Å². The molecule has 0 aliphatic rings. The standard InChI is InChI=1S/C31H40O5.C24H28O3/c1-4-6-7-10-13-24(3)30(33)25-14-16-26(17-15-25)31(34)27-18-20-28(21-19-27)35-22-11-8-9-12-23-36-29(32)5-2;1-4-6-7-8-9-18(3)24(26)21-12-10-19(11-13-21)20-14-16-22(17-15-20)27-23(25)5-2/h5,14-21,24H,2,4,6-13,22-23H2,1,3H3;5,10-18H,2,4,6-9H2,1,3H3. The van der Waals surface area contributed by atoms with Gasteiger partial charge in [-0.3, -0.25) is 14.4 Å². The second kappa shape index (κ2) is 29.4. The fraction of sp³-hybridized carbons (Fsp3) is 0.400. The van der Waals surface area contributed by atoms with Crippen LogP contribution in [0.2, 0.25) is 0 Å². The maximum Gasteiger partial charge on any atom is 0.335 e. The molecule has 0 aliphatic heterocycles. The van der Waals surface area contributed by atoms with E-state index in [0.29, 0.717) is 35.7 Å². The molecule has 0 bridgehead atoms. The highest BCUT2D eigenvalue weighted by atomic mass is 16.5. The molecule has 0 saturated heterocycles. The highest BCUT2D eigenvalue weighted by Crippen LogP contribution is 2.25.